The maximum Gasteiger partial charge on any atom is 0.302 e. The van der Waals surface area contributed by atoms with Crippen LogP contribution >= 0.6 is 0 Å². The maximum atomic E-state index is 10.4. The van der Waals surface area contributed by atoms with Crippen LogP contribution in [-0.2, 0) is 16.1 Å². The summed E-state index contributed by atoms with van der Waals surface area (Å²) in [4.78, 5) is 20.7. The van der Waals surface area contributed by atoms with Gasteiger partial charge in [0, 0.05) is 13.1 Å². The molecule has 1 heterocycles. The summed E-state index contributed by atoms with van der Waals surface area (Å²) in [6, 6.07) is 0. The van der Waals surface area contributed by atoms with E-state index >= 15 is 0 Å². The van der Waals surface area contributed by atoms with Gasteiger partial charge in [0.25, 0.3) is 0 Å². The standard InChI is InChI=1S/C8H10N2O3/c1-7(12)13-3-2-10-5-8(6-11)4-9-10/h4-6H,2-3H2,1H3. The zero-order chi connectivity index (χ0) is 9.68. The molecular formula is C8H10N2O3. The summed E-state index contributed by atoms with van der Waals surface area (Å²) >= 11 is 0. The van der Waals surface area contributed by atoms with Crippen LogP contribution < -0.4 is 0 Å². The van der Waals surface area contributed by atoms with Crippen LogP contribution in [0.25, 0.3) is 0 Å². The van der Waals surface area contributed by atoms with Crippen molar-refractivity contribution in [2.24, 2.45) is 0 Å². The number of carbonyl (C=O) groups excluding carboxylic acids is 2. The predicted octanol–water partition coefficient (Wildman–Crippen LogP) is 0.259. The molecular weight excluding hydrogens is 172 g/mol. The Morgan fingerprint density at radius 1 is 1.77 bits per heavy atom. The van der Waals surface area contributed by atoms with Crippen LogP contribution in [0.5, 0.6) is 0 Å². The van der Waals surface area contributed by atoms with E-state index in [2.05, 4.69) is 5.10 Å². The molecule has 5 nitrogen and oxygen atoms in total. The summed E-state index contributed by atoms with van der Waals surface area (Å²) in [6.45, 7) is 2.09. The molecule has 5 heteroatoms. The van der Waals surface area contributed by atoms with Gasteiger partial charge < -0.3 is 4.74 Å². The molecule has 13 heavy (non-hydrogen) atoms. The minimum atomic E-state index is -0.317. The third-order valence-corrected chi connectivity index (χ3v) is 1.42. The van der Waals surface area contributed by atoms with Crippen LogP contribution in [0.1, 0.15) is 17.3 Å². The van der Waals surface area contributed by atoms with E-state index in [0.717, 1.165) is 6.29 Å². The lowest BCUT2D eigenvalue weighted by molar-refractivity contribution is -0.141. The Hall–Kier alpha value is -1.65. The number of esters is 1. The van der Waals surface area contributed by atoms with Gasteiger partial charge >= 0.3 is 5.97 Å². The summed E-state index contributed by atoms with van der Waals surface area (Å²) in [6.07, 6.45) is 3.77. The van der Waals surface area contributed by atoms with E-state index in [4.69, 9.17) is 4.74 Å². The highest BCUT2D eigenvalue weighted by Gasteiger charge is 1.97. The summed E-state index contributed by atoms with van der Waals surface area (Å²) in [7, 11) is 0. The fraction of sp³-hybridized carbons (Fsp3) is 0.375. The average molecular weight is 182 g/mol. The van der Waals surface area contributed by atoms with Gasteiger partial charge in [-0.25, -0.2) is 0 Å². The van der Waals surface area contributed by atoms with Crippen molar-refractivity contribution >= 4 is 12.3 Å². The first kappa shape index (κ1) is 9.44. The lowest BCUT2D eigenvalue weighted by atomic mass is 10.4. The highest BCUT2D eigenvalue weighted by atomic mass is 16.5. The van der Waals surface area contributed by atoms with E-state index in [1.165, 1.54) is 13.1 Å². The largest absolute Gasteiger partial charge is 0.464 e. The normalized spacial score (nSPS) is 9.62. The van der Waals surface area contributed by atoms with E-state index in [1.807, 2.05) is 0 Å². The van der Waals surface area contributed by atoms with Gasteiger partial charge in [-0.15, -0.1) is 0 Å². The van der Waals surface area contributed by atoms with Crippen LogP contribution in [0.3, 0.4) is 0 Å². The average Bonchev–Trinajstić information content (AvgIpc) is 2.52. The molecule has 1 rings (SSSR count). The Morgan fingerprint density at radius 2 is 2.54 bits per heavy atom. The molecule has 0 spiro atoms. The smallest absolute Gasteiger partial charge is 0.302 e. The molecule has 1 aromatic rings. The number of ether oxygens (including phenoxy) is 1. The second-order valence-electron chi connectivity index (χ2n) is 2.49. The Bertz CT molecular complexity index is 306. The fourth-order valence-corrected chi connectivity index (χ4v) is 0.846. The monoisotopic (exact) mass is 182 g/mol. The molecule has 0 aliphatic rings. The van der Waals surface area contributed by atoms with Gasteiger partial charge in [-0.2, -0.15) is 5.10 Å². The van der Waals surface area contributed by atoms with Crippen LogP contribution in [0, 0.1) is 0 Å². The van der Waals surface area contributed by atoms with Crippen molar-refractivity contribution in [3.8, 4) is 0 Å². The molecule has 0 saturated carbocycles. The van der Waals surface area contributed by atoms with Gasteiger partial charge in [-0.05, 0) is 0 Å². The SMILES string of the molecule is CC(=O)OCCn1cc(C=O)cn1. The highest BCUT2D eigenvalue weighted by molar-refractivity contribution is 5.73. The lowest BCUT2D eigenvalue weighted by Gasteiger charge is -2.00. The topological polar surface area (TPSA) is 61.2 Å². The molecule has 0 aromatic carbocycles. The van der Waals surface area contributed by atoms with Crippen molar-refractivity contribution in [2.75, 3.05) is 6.61 Å². The van der Waals surface area contributed by atoms with Crippen molar-refractivity contribution in [1.82, 2.24) is 9.78 Å². The van der Waals surface area contributed by atoms with Gasteiger partial charge in [0.15, 0.2) is 6.29 Å². The minimum absolute atomic E-state index is 0.273. The van der Waals surface area contributed by atoms with E-state index in [9.17, 15) is 9.59 Å². The minimum Gasteiger partial charge on any atom is -0.464 e. The first-order valence-corrected chi connectivity index (χ1v) is 3.83. The summed E-state index contributed by atoms with van der Waals surface area (Å²) in [5, 5.41) is 3.88. The second kappa shape index (κ2) is 4.39. The molecule has 0 radical (unpaired) electrons. The summed E-state index contributed by atoms with van der Waals surface area (Å²) in [5.74, 6) is -0.317. The van der Waals surface area contributed by atoms with Crippen LogP contribution in [0.4, 0.5) is 0 Å². The van der Waals surface area contributed by atoms with E-state index in [0.29, 0.717) is 12.1 Å². The van der Waals surface area contributed by atoms with Crippen LogP contribution in [0.2, 0.25) is 0 Å². The number of hydrogen-bond acceptors (Lipinski definition) is 4. The Kier molecular flexibility index (Phi) is 3.19. The third-order valence-electron chi connectivity index (χ3n) is 1.42. The van der Waals surface area contributed by atoms with Crippen molar-refractivity contribution in [1.29, 1.82) is 0 Å². The van der Waals surface area contributed by atoms with Crippen LogP contribution in [0.15, 0.2) is 12.4 Å². The van der Waals surface area contributed by atoms with Gasteiger partial charge in [-0.3, -0.25) is 14.3 Å². The first-order chi connectivity index (χ1) is 6.22. The molecule has 0 unspecified atom stereocenters. The Morgan fingerprint density at radius 3 is 3.08 bits per heavy atom. The second-order valence-corrected chi connectivity index (χ2v) is 2.49. The van der Waals surface area contributed by atoms with E-state index in [-0.39, 0.29) is 12.6 Å². The number of aldehydes is 1. The molecule has 0 bridgehead atoms. The molecule has 0 fully saturated rings. The zero-order valence-corrected chi connectivity index (χ0v) is 7.27. The summed E-state index contributed by atoms with van der Waals surface area (Å²) in [5.41, 5.74) is 0.517. The third kappa shape index (κ3) is 3.06. The van der Waals surface area contributed by atoms with Crippen LogP contribution in [-0.4, -0.2) is 28.6 Å². The molecule has 0 aliphatic carbocycles. The van der Waals surface area contributed by atoms with Gasteiger partial charge in [0.2, 0.25) is 0 Å². The molecule has 0 aliphatic heterocycles. The molecule has 0 amide bonds. The number of rotatable bonds is 4. The van der Waals surface area contributed by atoms with Crippen molar-refractivity contribution in [3.63, 3.8) is 0 Å². The van der Waals surface area contributed by atoms with E-state index < -0.39 is 0 Å². The zero-order valence-electron chi connectivity index (χ0n) is 7.27. The van der Waals surface area contributed by atoms with Crippen molar-refractivity contribution in [3.05, 3.63) is 18.0 Å². The molecule has 0 saturated heterocycles. The van der Waals surface area contributed by atoms with Gasteiger partial charge in [-0.1, -0.05) is 0 Å². The summed E-state index contributed by atoms with van der Waals surface area (Å²) < 4.78 is 6.25. The molecule has 1 aromatic heterocycles. The quantitative estimate of drug-likeness (QED) is 0.495. The lowest BCUT2D eigenvalue weighted by Crippen LogP contribution is -2.08. The van der Waals surface area contributed by atoms with Gasteiger partial charge in [0.1, 0.15) is 6.61 Å². The maximum absolute atomic E-state index is 10.4. The Balaban J connectivity index is 2.36. The predicted molar refractivity (Wildman–Crippen MR) is 44.2 cm³/mol. The molecule has 0 N–H and O–H groups in total. The van der Waals surface area contributed by atoms with Crippen molar-refractivity contribution < 1.29 is 14.3 Å². The Labute approximate surface area is 75.3 Å². The number of nitrogens with zero attached hydrogens (tertiary/aromatic N) is 2. The first-order valence-electron chi connectivity index (χ1n) is 3.83. The highest BCUT2D eigenvalue weighted by Crippen LogP contribution is 1.93. The van der Waals surface area contributed by atoms with Gasteiger partial charge in [0.05, 0.1) is 18.3 Å². The number of carbonyl (C=O) groups is 2. The fourth-order valence-electron chi connectivity index (χ4n) is 0.846. The van der Waals surface area contributed by atoms with E-state index in [1.54, 1.807) is 10.9 Å². The number of hydrogen-bond donors (Lipinski definition) is 0. The molecule has 70 valence electrons. The molecule has 0 atom stereocenters. The van der Waals surface area contributed by atoms with Crippen molar-refractivity contribution in [2.45, 2.75) is 13.5 Å². The number of aromatic nitrogens is 2.